The molecule has 80 valence electrons. The Morgan fingerprint density at radius 3 is 2.71 bits per heavy atom. The first-order chi connectivity index (χ1) is 6.47. The van der Waals surface area contributed by atoms with Gasteiger partial charge in [-0.05, 0) is 6.07 Å². The average Bonchev–Trinajstić information content (AvgIpc) is 2.44. The van der Waals surface area contributed by atoms with Gasteiger partial charge in [-0.25, -0.2) is 0 Å². The fourth-order valence-electron chi connectivity index (χ4n) is 0.702. The molecule has 1 rings (SSSR count). The highest BCUT2D eigenvalue weighted by Crippen LogP contribution is 2.19. The first kappa shape index (κ1) is 11.8. The number of thiophene rings is 1. The summed E-state index contributed by atoms with van der Waals surface area (Å²) in [6.07, 6.45) is -4.31. The van der Waals surface area contributed by atoms with E-state index in [0.717, 1.165) is 4.88 Å². The molecule has 1 aromatic rings. The summed E-state index contributed by atoms with van der Waals surface area (Å²) in [7, 11) is 0. The van der Waals surface area contributed by atoms with Crippen LogP contribution in [0.2, 0.25) is 5.02 Å². The normalized spacial score (nSPS) is 12.0. The quantitative estimate of drug-likeness (QED) is 0.650. The summed E-state index contributed by atoms with van der Waals surface area (Å²) >= 11 is 6.96. The molecule has 0 unspecified atom stereocenters. The van der Waals surface area contributed by atoms with E-state index in [9.17, 15) is 13.2 Å². The minimum absolute atomic E-state index is 0.216. The van der Waals surface area contributed by atoms with Crippen LogP contribution in [0.15, 0.2) is 11.4 Å². The molecule has 0 saturated carbocycles. The van der Waals surface area contributed by atoms with Crippen molar-refractivity contribution in [2.45, 2.75) is 12.7 Å². The monoisotopic (exact) mass is 245 g/mol. The Morgan fingerprint density at radius 2 is 2.21 bits per heavy atom. The van der Waals surface area contributed by atoms with Gasteiger partial charge in [-0.2, -0.15) is 18.7 Å². The lowest BCUT2D eigenvalue weighted by Gasteiger charge is -2.07. The number of hydrogen-bond acceptors (Lipinski definition) is 3. The molecule has 0 spiro atoms. The summed E-state index contributed by atoms with van der Waals surface area (Å²) < 4.78 is 34.8. The summed E-state index contributed by atoms with van der Waals surface area (Å²) in [5.74, 6) is 0. The largest absolute Gasteiger partial charge is 0.413 e. The van der Waals surface area contributed by atoms with Crippen molar-refractivity contribution in [3.8, 4) is 0 Å². The number of nitrogens with one attached hydrogen (secondary N) is 1. The topological polar surface area (TPSA) is 21.3 Å². The molecule has 2 nitrogen and oxygen atoms in total. The highest BCUT2D eigenvalue weighted by Gasteiger charge is 2.27. The van der Waals surface area contributed by atoms with Gasteiger partial charge < -0.3 is 0 Å². The predicted molar refractivity (Wildman–Crippen MR) is 48.2 cm³/mol. The molecule has 7 heteroatoms. The maximum atomic E-state index is 11.6. The lowest BCUT2D eigenvalue weighted by Crippen LogP contribution is -2.24. The minimum atomic E-state index is -4.31. The highest BCUT2D eigenvalue weighted by atomic mass is 35.5. The molecule has 0 bridgehead atoms. The van der Waals surface area contributed by atoms with Crippen molar-refractivity contribution in [1.82, 2.24) is 5.48 Å². The van der Waals surface area contributed by atoms with E-state index in [1.54, 1.807) is 11.4 Å². The Labute approximate surface area is 87.6 Å². The molecule has 0 radical (unpaired) electrons. The molecule has 0 fully saturated rings. The Morgan fingerprint density at radius 1 is 1.50 bits per heavy atom. The van der Waals surface area contributed by atoms with E-state index in [1.165, 1.54) is 11.3 Å². The van der Waals surface area contributed by atoms with Gasteiger partial charge in [-0.3, -0.25) is 4.84 Å². The summed E-state index contributed by atoms with van der Waals surface area (Å²) in [5.41, 5.74) is 2.20. The molecule has 0 aromatic carbocycles. The molecule has 0 aliphatic heterocycles. The lowest BCUT2D eigenvalue weighted by molar-refractivity contribution is -0.190. The predicted octanol–water partition coefficient (Wildman–Crippen LogP) is 2.99. The molecular weight excluding hydrogens is 239 g/mol. The second-order valence-corrected chi connectivity index (χ2v) is 3.89. The van der Waals surface area contributed by atoms with Crippen LogP contribution in [0.25, 0.3) is 0 Å². The third-order valence-corrected chi connectivity index (χ3v) is 2.49. The van der Waals surface area contributed by atoms with E-state index < -0.39 is 12.8 Å². The number of halogens is 4. The fourth-order valence-corrected chi connectivity index (χ4v) is 1.70. The summed E-state index contributed by atoms with van der Waals surface area (Å²) in [6, 6.07) is 1.66. The van der Waals surface area contributed by atoms with Crippen LogP contribution in [0.5, 0.6) is 0 Å². The summed E-state index contributed by atoms with van der Waals surface area (Å²) in [6.45, 7) is -1.08. The smallest absolute Gasteiger partial charge is 0.292 e. The molecule has 0 aliphatic rings. The van der Waals surface area contributed by atoms with Gasteiger partial charge >= 0.3 is 6.18 Å². The maximum Gasteiger partial charge on any atom is 0.413 e. The van der Waals surface area contributed by atoms with Gasteiger partial charge in [0.15, 0.2) is 6.61 Å². The van der Waals surface area contributed by atoms with E-state index in [4.69, 9.17) is 11.6 Å². The number of rotatable bonds is 4. The fraction of sp³-hybridized carbons (Fsp3) is 0.429. The van der Waals surface area contributed by atoms with E-state index in [0.29, 0.717) is 5.02 Å². The Balaban J connectivity index is 2.16. The van der Waals surface area contributed by atoms with Crippen molar-refractivity contribution in [1.29, 1.82) is 0 Å². The zero-order chi connectivity index (χ0) is 10.6. The van der Waals surface area contributed by atoms with Crippen LogP contribution in [-0.4, -0.2) is 12.8 Å². The minimum Gasteiger partial charge on any atom is -0.292 e. The molecule has 14 heavy (non-hydrogen) atoms. The lowest BCUT2D eigenvalue weighted by atomic mass is 10.5. The van der Waals surface area contributed by atoms with Crippen molar-refractivity contribution in [2.24, 2.45) is 0 Å². The molecule has 0 amide bonds. The van der Waals surface area contributed by atoms with Crippen molar-refractivity contribution in [3.05, 3.63) is 21.3 Å². The Hall–Kier alpha value is -0.300. The molecule has 1 heterocycles. The van der Waals surface area contributed by atoms with Crippen molar-refractivity contribution >= 4 is 22.9 Å². The summed E-state index contributed by atoms with van der Waals surface area (Å²) in [5, 5.41) is 2.27. The Bertz CT molecular complexity index is 289. The standard InChI is InChI=1S/C7H7ClF3NOS/c8-5-1-6(14-3-5)2-12-13-4-7(9,10)11/h1,3,12H,2,4H2. The van der Waals surface area contributed by atoms with Crippen LogP contribution in [0.1, 0.15) is 4.88 Å². The molecule has 1 aromatic heterocycles. The average molecular weight is 246 g/mol. The number of alkyl halides is 3. The van der Waals surface area contributed by atoms with Gasteiger partial charge in [0.2, 0.25) is 0 Å². The van der Waals surface area contributed by atoms with Crippen LogP contribution in [0, 0.1) is 0 Å². The van der Waals surface area contributed by atoms with E-state index in [1.807, 2.05) is 0 Å². The number of hydroxylamine groups is 1. The third-order valence-electron chi connectivity index (χ3n) is 1.21. The van der Waals surface area contributed by atoms with E-state index in [2.05, 4.69) is 10.3 Å². The molecule has 0 aliphatic carbocycles. The van der Waals surface area contributed by atoms with Crippen LogP contribution >= 0.6 is 22.9 Å². The van der Waals surface area contributed by atoms with Gasteiger partial charge in [0.25, 0.3) is 0 Å². The first-order valence-corrected chi connectivity index (χ1v) is 4.87. The number of hydrogen-bond donors (Lipinski definition) is 1. The van der Waals surface area contributed by atoms with Gasteiger partial charge in [-0.15, -0.1) is 11.3 Å². The highest BCUT2D eigenvalue weighted by molar-refractivity contribution is 7.10. The van der Waals surface area contributed by atoms with Crippen LogP contribution in [0.3, 0.4) is 0 Å². The van der Waals surface area contributed by atoms with Crippen molar-refractivity contribution in [3.63, 3.8) is 0 Å². The van der Waals surface area contributed by atoms with Crippen molar-refractivity contribution in [2.75, 3.05) is 6.61 Å². The zero-order valence-corrected chi connectivity index (χ0v) is 8.47. The van der Waals surface area contributed by atoms with E-state index >= 15 is 0 Å². The van der Waals surface area contributed by atoms with Gasteiger partial charge in [-0.1, -0.05) is 11.6 Å². The van der Waals surface area contributed by atoms with Crippen LogP contribution in [-0.2, 0) is 11.4 Å². The van der Waals surface area contributed by atoms with Gasteiger partial charge in [0.05, 0.1) is 11.6 Å². The third kappa shape index (κ3) is 4.80. The molecule has 1 N–H and O–H groups in total. The Kier molecular flexibility index (Phi) is 4.18. The molecule has 0 saturated heterocycles. The molecule has 0 atom stereocenters. The SMILES string of the molecule is FC(F)(F)CONCc1cc(Cl)cs1. The van der Waals surface area contributed by atoms with Crippen LogP contribution in [0.4, 0.5) is 13.2 Å². The maximum absolute atomic E-state index is 11.6. The summed E-state index contributed by atoms with van der Waals surface area (Å²) in [4.78, 5) is 5.02. The van der Waals surface area contributed by atoms with E-state index in [-0.39, 0.29) is 6.54 Å². The van der Waals surface area contributed by atoms with Gasteiger partial charge in [0.1, 0.15) is 0 Å². The zero-order valence-electron chi connectivity index (χ0n) is 6.90. The second-order valence-electron chi connectivity index (χ2n) is 2.46. The molecular formula is C7H7ClF3NOS. The van der Waals surface area contributed by atoms with Crippen LogP contribution < -0.4 is 5.48 Å². The van der Waals surface area contributed by atoms with Crippen molar-refractivity contribution < 1.29 is 18.0 Å². The second kappa shape index (κ2) is 4.97. The first-order valence-electron chi connectivity index (χ1n) is 3.62. The van der Waals surface area contributed by atoms with Gasteiger partial charge in [0, 0.05) is 10.3 Å².